The summed E-state index contributed by atoms with van der Waals surface area (Å²) < 4.78 is 18.2. The van der Waals surface area contributed by atoms with Gasteiger partial charge >= 0.3 is 0 Å². The maximum atomic E-state index is 12.3. The van der Waals surface area contributed by atoms with Crippen molar-refractivity contribution in [3.8, 4) is 11.5 Å². The van der Waals surface area contributed by atoms with Crippen LogP contribution in [0.1, 0.15) is 23.3 Å². The summed E-state index contributed by atoms with van der Waals surface area (Å²) in [6.07, 6.45) is 7.63. The minimum absolute atomic E-state index is 0.0359. The molecule has 198 valence electrons. The van der Waals surface area contributed by atoms with Crippen molar-refractivity contribution < 1.29 is 18.5 Å². The average Bonchev–Trinajstić information content (AvgIpc) is 2.93. The molecule has 2 atom stereocenters. The summed E-state index contributed by atoms with van der Waals surface area (Å²) in [5.74, 6) is 1.44. The molecule has 1 fully saturated rings. The zero-order chi connectivity index (χ0) is 27.1. The molecule has 2 aromatic heterocycles. The number of nitrogens with one attached hydrogen (secondary N) is 3. The predicted octanol–water partition coefficient (Wildman–Crippen LogP) is 3.09. The number of hydrogen-bond donors (Lipinski definition) is 3. The first-order chi connectivity index (χ1) is 18.4. The van der Waals surface area contributed by atoms with E-state index in [-0.39, 0.29) is 23.6 Å². The second kappa shape index (κ2) is 12.3. The molecule has 11 nitrogen and oxygen atoms in total. The lowest BCUT2D eigenvalue weighted by molar-refractivity contribution is -0.127. The standard InChI is InChI=1S/C26H29N7O4S/c1-4-23(34)33-13-5-6-18(16-33)30-24-22(38(3)36)15-29-26(32-24)31-17-7-9-19(10-8-17)37-20-11-12-28-21(14-20)25(35)27-2/h4,7-12,14-15,18H,1,5-6,13,16H2,2-3H3,(H,27,35)(H2,29,30,31,32)/t18-,38?/m1/s1. The number of likely N-dealkylation sites (tertiary alicyclic amines) is 1. The molecule has 0 radical (unpaired) electrons. The van der Waals surface area contributed by atoms with Gasteiger partial charge in [-0.05, 0) is 49.2 Å². The Labute approximate surface area is 223 Å². The van der Waals surface area contributed by atoms with Gasteiger partial charge in [-0.2, -0.15) is 4.98 Å². The summed E-state index contributed by atoms with van der Waals surface area (Å²) in [6.45, 7) is 4.76. The summed E-state index contributed by atoms with van der Waals surface area (Å²) >= 11 is 0. The van der Waals surface area contributed by atoms with E-state index in [0.717, 1.165) is 18.5 Å². The third-order valence-corrected chi connectivity index (χ3v) is 6.77. The van der Waals surface area contributed by atoms with E-state index in [9.17, 15) is 13.8 Å². The lowest BCUT2D eigenvalue weighted by Crippen LogP contribution is -2.44. The zero-order valence-corrected chi connectivity index (χ0v) is 22.0. The normalized spacial score (nSPS) is 15.7. The number of rotatable bonds is 9. The molecule has 0 spiro atoms. The second-order valence-electron chi connectivity index (χ2n) is 8.54. The smallest absolute Gasteiger partial charge is 0.269 e. The molecule has 0 bridgehead atoms. The van der Waals surface area contributed by atoms with Gasteiger partial charge in [-0.15, -0.1) is 0 Å². The number of piperidine rings is 1. The molecule has 4 rings (SSSR count). The molecular formula is C26H29N7O4S. The van der Waals surface area contributed by atoms with Gasteiger partial charge in [0.1, 0.15) is 23.0 Å². The Kier molecular flexibility index (Phi) is 8.64. The quantitative estimate of drug-likeness (QED) is 0.353. The minimum atomic E-state index is -1.30. The van der Waals surface area contributed by atoms with Gasteiger partial charge in [0.15, 0.2) is 0 Å². The Morgan fingerprint density at radius 2 is 1.97 bits per heavy atom. The fraction of sp³-hybridized carbons (Fsp3) is 0.269. The summed E-state index contributed by atoms with van der Waals surface area (Å²) in [5.41, 5.74) is 0.976. The molecular weight excluding hydrogens is 506 g/mol. The van der Waals surface area contributed by atoms with Crippen molar-refractivity contribution in [2.75, 3.05) is 37.0 Å². The molecule has 0 aliphatic carbocycles. The van der Waals surface area contributed by atoms with E-state index in [1.807, 2.05) is 0 Å². The second-order valence-corrected chi connectivity index (χ2v) is 9.89. The molecule has 1 aliphatic rings. The summed E-state index contributed by atoms with van der Waals surface area (Å²) in [7, 11) is 0.234. The topological polar surface area (TPSA) is 138 Å². The van der Waals surface area contributed by atoms with E-state index in [1.54, 1.807) is 47.6 Å². The van der Waals surface area contributed by atoms with Crippen LogP contribution in [0.3, 0.4) is 0 Å². The number of carbonyl (C=O) groups excluding carboxylic acids is 2. The molecule has 38 heavy (non-hydrogen) atoms. The Morgan fingerprint density at radius 1 is 1.18 bits per heavy atom. The van der Waals surface area contributed by atoms with E-state index in [4.69, 9.17) is 4.74 Å². The monoisotopic (exact) mass is 535 g/mol. The SMILES string of the molecule is C=CC(=O)N1CCC[C@@H](Nc2nc(Nc3ccc(Oc4ccnc(C(=O)NC)c4)cc3)ncc2S(C)=O)C1. The molecule has 3 heterocycles. The van der Waals surface area contributed by atoms with Crippen molar-refractivity contribution in [2.24, 2.45) is 0 Å². The van der Waals surface area contributed by atoms with Gasteiger partial charge in [-0.3, -0.25) is 18.8 Å². The van der Waals surface area contributed by atoms with Crippen LogP contribution in [-0.2, 0) is 15.6 Å². The number of ether oxygens (including phenoxy) is 1. The highest BCUT2D eigenvalue weighted by molar-refractivity contribution is 7.84. The van der Waals surface area contributed by atoms with Crippen LogP contribution in [-0.4, -0.2) is 68.3 Å². The van der Waals surface area contributed by atoms with Gasteiger partial charge in [0.25, 0.3) is 5.91 Å². The number of amides is 2. The lowest BCUT2D eigenvalue weighted by atomic mass is 10.1. The van der Waals surface area contributed by atoms with Crippen molar-refractivity contribution in [1.82, 2.24) is 25.2 Å². The van der Waals surface area contributed by atoms with E-state index < -0.39 is 10.8 Å². The minimum Gasteiger partial charge on any atom is -0.457 e. The molecule has 1 saturated heterocycles. The number of nitrogens with zero attached hydrogens (tertiary/aromatic N) is 4. The molecule has 1 aromatic carbocycles. The molecule has 3 N–H and O–H groups in total. The molecule has 12 heteroatoms. The fourth-order valence-electron chi connectivity index (χ4n) is 3.96. The Balaban J connectivity index is 1.45. The third-order valence-electron chi connectivity index (χ3n) is 5.85. The van der Waals surface area contributed by atoms with Crippen molar-refractivity contribution in [1.29, 1.82) is 0 Å². The lowest BCUT2D eigenvalue weighted by Gasteiger charge is -2.33. The Hall–Kier alpha value is -4.32. The number of anilines is 3. The van der Waals surface area contributed by atoms with Gasteiger partial charge in [0.2, 0.25) is 11.9 Å². The van der Waals surface area contributed by atoms with Crippen LogP contribution >= 0.6 is 0 Å². The number of aromatic nitrogens is 3. The molecule has 1 unspecified atom stereocenters. The van der Waals surface area contributed by atoms with E-state index in [0.29, 0.717) is 41.3 Å². The largest absolute Gasteiger partial charge is 0.457 e. The molecule has 2 amide bonds. The van der Waals surface area contributed by atoms with Crippen molar-refractivity contribution in [3.63, 3.8) is 0 Å². The maximum absolute atomic E-state index is 12.3. The number of carbonyl (C=O) groups is 2. The van der Waals surface area contributed by atoms with Crippen LogP contribution in [0.15, 0.2) is 66.3 Å². The summed E-state index contributed by atoms with van der Waals surface area (Å²) in [5, 5.41) is 9.03. The van der Waals surface area contributed by atoms with Crippen LogP contribution in [0.4, 0.5) is 17.5 Å². The summed E-state index contributed by atoms with van der Waals surface area (Å²) in [6, 6.07) is 10.3. The van der Waals surface area contributed by atoms with Crippen molar-refractivity contribution >= 4 is 40.1 Å². The third kappa shape index (κ3) is 6.71. The average molecular weight is 536 g/mol. The van der Waals surface area contributed by atoms with Crippen LogP contribution in [0.25, 0.3) is 0 Å². The van der Waals surface area contributed by atoms with Gasteiger partial charge in [-0.25, -0.2) is 4.98 Å². The van der Waals surface area contributed by atoms with Crippen molar-refractivity contribution in [3.05, 3.63) is 67.1 Å². The fourth-order valence-corrected chi connectivity index (χ4v) is 4.54. The van der Waals surface area contributed by atoms with Gasteiger partial charge < -0.3 is 25.6 Å². The first kappa shape index (κ1) is 26.7. The highest BCUT2D eigenvalue weighted by Gasteiger charge is 2.24. The highest BCUT2D eigenvalue weighted by Crippen LogP contribution is 2.26. The van der Waals surface area contributed by atoms with Crippen LogP contribution < -0.4 is 20.7 Å². The first-order valence-corrected chi connectivity index (χ1v) is 13.5. The molecule has 1 aliphatic heterocycles. The number of benzene rings is 1. The van der Waals surface area contributed by atoms with Gasteiger partial charge in [-0.1, -0.05) is 6.58 Å². The molecule has 3 aromatic rings. The van der Waals surface area contributed by atoms with Crippen molar-refractivity contribution in [2.45, 2.75) is 23.8 Å². The number of pyridine rings is 1. The Morgan fingerprint density at radius 3 is 2.68 bits per heavy atom. The van der Waals surface area contributed by atoms with Gasteiger partial charge in [0.05, 0.1) is 21.9 Å². The van der Waals surface area contributed by atoms with E-state index >= 15 is 0 Å². The number of hydrogen-bond acceptors (Lipinski definition) is 9. The van der Waals surface area contributed by atoms with E-state index in [2.05, 4.69) is 37.5 Å². The van der Waals surface area contributed by atoms with Gasteiger partial charge in [0, 0.05) is 50.4 Å². The van der Waals surface area contributed by atoms with Crippen LogP contribution in [0.2, 0.25) is 0 Å². The highest BCUT2D eigenvalue weighted by atomic mass is 32.2. The Bertz CT molecular complexity index is 1350. The zero-order valence-electron chi connectivity index (χ0n) is 21.1. The maximum Gasteiger partial charge on any atom is 0.269 e. The van der Waals surface area contributed by atoms with E-state index in [1.165, 1.54) is 25.5 Å². The van der Waals surface area contributed by atoms with Crippen LogP contribution in [0, 0.1) is 0 Å². The summed E-state index contributed by atoms with van der Waals surface area (Å²) in [4.78, 5) is 39.0. The molecule has 0 saturated carbocycles. The predicted molar refractivity (Wildman–Crippen MR) is 145 cm³/mol. The van der Waals surface area contributed by atoms with Crippen LogP contribution in [0.5, 0.6) is 11.5 Å². The first-order valence-electron chi connectivity index (χ1n) is 12.0.